The molecule has 0 atom stereocenters. The number of amides is 1. The highest BCUT2D eigenvalue weighted by molar-refractivity contribution is 5.80. The van der Waals surface area contributed by atoms with E-state index in [2.05, 4.69) is 44.7 Å². The Hall–Kier alpha value is -2.80. The van der Waals surface area contributed by atoms with Crippen LogP contribution in [0.1, 0.15) is 24.2 Å². The highest BCUT2D eigenvalue weighted by Crippen LogP contribution is 2.18. The molecule has 4 rings (SSSR count). The molecule has 0 bridgehead atoms. The molecule has 1 saturated carbocycles. The van der Waals surface area contributed by atoms with Gasteiger partial charge in [-0.2, -0.15) is 0 Å². The van der Waals surface area contributed by atoms with Crippen LogP contribution in [0, 0.1) is 0 Å². The van der Waals surface area contributed by atoms with E-state index < -0.39 is 0 Å². The lowest BCUT2D eigenvalue weighted by Crippen LogP contribution is -2.54. The van der Waals surface area contributed by atoms with Crippen LogP contribution < -0.4 is 10.6 Å². The average Bonchev–Trinajstić information content (AvgIpc) is 3.44. The van der Waals surface area contributed by atoms with E-state index in [4.69, 9.17) is 9.41 Å². The molecule has 2 aliphatic rings. The van der Waals surface area contributed by atoms with E-state index in [9.17, 15) is 4.79 Å². The van der Waals surface area contributed by atoms with Gasteiger partial charge < -0.3 is 20.0 Å². The average molecular weight is 424 g/mol. The van der Waals surface area contributed by atoms with Gasteiger partial charge in [-0.3, -0.25) is 14.7 Å². The standard InChI is InChI=1S/C24H33N5O2/c30-23(27-21-8-9-21)19-28-14-16-29(17-15-28)24(26-13-11-22-7-4-18-31-22)25-12-10-20-5-2-1-3-6-20/h1-7,18,21H,8-17,19H2,(H,25,26)(H,27,30). The second-order valence-electron chi connectivity index (χ2n) is 8.30. The van der Waals surface area contributed by atoms with Gasteiger partial charge in [0.15, 0.2) is 5.96 Å². The fourth-order valence-electron chi connectivity index (χ4n) is 3.78. The molecule has 1 aromatic heterocycles. The molecule has 2 heterocycles. The van der Waals surface area contributed by atoms with Crippen molar-refractivity contribution in [2.24, 2.45) is 4.99 Å². The third-order valence-corrected chi connectivity index (χ3v) is 5.72. The van der Waals surface area contributed by atoms with E-state index in [1.807, 2.05) is 18.2 Å². The number of aliphatic imine (C=N–C) groups is 1. The highest BCUT2D eigenvalue weighted by atomic mass is 16.3. The summed E-state index contributed by atoms with van der Waals surface area (Å²) in [5, 5.41) is 6.64. The fraction of sp³-hybridized carbons (Fsp3) is 0.500. The zero-order valence-electron chi connectivity index (χ0n) is 18.1. The van der Waals surface area contributed by atoms with Gasteiger partial charge in [0.1, 0.15) is 5.76 Å². The summed E-state index contributed by atoms with van der Waals surface area (Å²) in [5.74, 6) is 2.06. The molecular weight excluding hydrogens is 390 g/mol. The lowest BCUT2D eigenvalue weighted by molar-refractivity contribution is -0.122. The number of carbonyl (C=O) groups is 1. The number of piperazine rings is 1. The van der Waals surface area contributed by atoms with Gasteiger partial charge in [0, 0.05) is 51.7 Å². The fourth-order valence-corrected chi connectivity index (χ4v) is 3.78. The molecule has 1 aliphatic carbocycles. The molecule has 0 spiro atoms. The van der Waals surface area contributed by atoms with Gasteiger partial charge in [0.05, 0.1) is 12.8 Å². The van der Waals surface area contributed by atoms with Crippen LogP contribution in [-0.4, -0.2) is 73.5 Å². The van der Waals surface area contributed by atoms with Gasteiger partial charge in [-0.05, 0) is 37.0 Å². The normalized spacial score (nSPS) is 17.5. The van der Waals surface area contributed by atoms with Gasteiger partial charge >= 0.3 is 0 Å². The largest absolute Gasteiger partial charge is 0.469 e. The molecular formula is C24H33N5O2. The molecule has 0 unspecified atom stereocenters. The molecule has 31 heavy (non-hydrogen) atoms. The minimum absolute atomic E-state index is 0.157. The molecule has 7 heteroatoms. The Bertz CT molecular complexity index is 825. The quantitative estimate of drug-likeness (QED) is 0.476. The van der Waals surface area contributed by atoms with Crippen LogP contribution in [0.4, 0.5) is 0 Å². The number of hydrogen-bond donors (Lipinski definition) is 2. The van der Waals surface area contributed by atoms with E-state index in [1.54, 1.807) is 6.26 Å². The summed E-state index contributed by atoms with van der Waals surface area (Å²) in [6.07, 6.45) is 5.71. The number of hydrogen-bond acceptors (Lipinski definition) is 4. The van der Waals surface area contributed by atoms with Crippen molar-refractivity contribution in [2.45, 2.75) is 31.7 Å². The third-order valence-electron chi connectivity index (χ3n) is 5.72. The van der Waals surface area contributed by atoms with Gasteiger partial charge in [0.2, 0.25) is 5.91 Å². The van der Waals surface area contributed by atoms with Crippen LogP contribution >= 0.6 is 0 Å². The van der Waals surface area contributed by atoms with Crippen molar-refractivity contribution < 1.29 is 9.21 Å². The summed E-state index contributed by atoms with van der Waals surface area (Å²) in [5.41, 5.74) is 1.32. The van der Waals surface area contributed by atoms with Crippen molar-refractivity contribution in [3.8, 4) is 0 Å². The molecule has 1 amide bonds. The van der Waals surface area contributed by atoms with Gasteiger partial charge in [0.25, 0.3) is 0 Å². The summed E-state index contributed by atoms with van der Waals surface area (Å²) < 4.78 is 5.43. The van der Waals surface area contributed by atoms with E-state index in [0.717, 1.165) is 70.1 Å². The number of guanidine groups is 1. The smallest absolute Gasteiger partial charge is 0.234 e. The zero-order valence-corrected chi connectivity index (χ0v) is 18.1. The minimum Gasteiger partial charge on any atom is -0.469 e. The monoisotopic (exact) mass is 423 g/mol. The Morgan fingerprint density at radius 1 is 1.03 bits per heavy atom. The molecule has 2 fully saturated rings. The molecule has 1 aromatic carbocycles. The van der Waals surface area contributed by atoms with Crippen LogP contribution in [0.25, 0.3) is 0 Å². The maximum atomic E-state index is 12.1. The lowest BCUT2D eigenvalue weighted by atomic mass is 10.1. The predicted octanol–water partition coefficient (Wildman–Crippen LogP) is 1.91. The molecule has 2 N–H and O–H groups in total. The molecule has 2 aromatic rings. The van der Waals surface area contributed by atoms with Crippen LogP contribution in [-0.2, 0) is 17.6 Å². The van der Waals surface area contributed by atoms with Crippen molar-refractivity contribution in [3.05, 3.63) is 60.1 Å². The van der Waals surface area contributed by atoms with E-state index in [1.165, 1.54) is 5.56 Å². The van der Waals surface area contributed by atoms with Crippen LogP contribution in [0.3, 0.4) is 0 Å². The first-order valence-corrected chi connectivity index (χ1v) is 11.4. The number of nitrogens with zero attached hydrogens (tertiary/aromatic N) is 3. The minimum atomic E-state index is 0.157. The summed E-state index contributed by atoms with van der Waals surface area (Å²) >= 11 is 0. The Labute approximate surface area is 184 Å². The predicted molar refractivity (Wildman–Crippen MR) is 122 cm³/mol. The van der Waals surface area contributed by atoms with Crippen LogP contribution in [0.2, 0.25) is 0 Å². The Kier molecular flexibility index (Phi) is 7.60. The topological polar surface area (TPSA) is 73.1 Å². The van der Waals surface area contributed by atoms with E-state index in [0.29, 0.717) is 19.1 Å². The number of benzene rings is 1. The van der Waals surface area contributed by atoms with Gasteiger partial charge in [-0.15, -0.1) is 0 Å². The first kappa shape index (κ1) is 21.4. The van der Waals surface area contributed by atoms with Gasteiger partial charge in [-0.1, -0.05) is 30.3 Å². The van der Waals surface area contributed by atoms with Crippen LogP contribution in [0.15, 0.2) is 58.1 Å². The third kappa shape index (κ3) is 7.14. The Balaban J connectivity index is 1.28. The summed E-state index contributed by atoms with van der Waals surface area (Å²) in [4.78, 5) is 21.5. The first-order chi connectivity index (χ1) is 15.3. The molecule has 1 saturated heterocycles. The van der Waals surface area contributed by atoms with E-state index in [-0.39, 0.29) is 5.91 Å². The molecule has 7 nitrogen and oxygen atoms in total. The maximum Gasteiger partial charge on any atom is 0.234 e. The lowest BCUT2D eigenvalue weighted by Gasteiger charge is -2.36. The molecule has 166 valence electrons. The second kappa shape index (κ2) is 11.0. The Morgan fingerprint density at radius 3 is 2.55 bits per heavy atom. The summed E-state index contributed by atoms with van der Waals surface area (Å²) in [6, 6.07) is 14.8. The van der Waals surface area contributed by atoms with Gasteiger partial charge in [-0.25, -0.2) is 0 Å². The van der Waals surface area contributed by atoms with Crippen molar-refractivity contribution in [3.63, 3.8) is 0 Å². The molecule has 0 radical (unpaired) electrons. The van der Waals surface area contributed by atoms with Crippen molar-refractivity contribution in [2.75, 3.05) is 45.8 Å². The number of nitrogens with one attached hydrogen (secondary N) is 2. The highest BCUT2D eigenvalue weighted by Gasteiger charge is 2.26. The van der Waals surface area contributed by atoms with Crippen molar-refractivity contribution in [1.29, 1.82) is 0 Å². The van der Waals surface area contributed by atoms with Crippen LogP contribution in [0.5, 0.6) is 0 Å². The Morgan fingerprint density at radius 2 is 1.84 bits per heavy atom. The SMILES string of the molecule is O=C(CN1CCN(C(=NCCc2ccco2)NCCc2ccccc2)CC1)NC1CC1. The van der Waals surface area contributed by atoms with Crippen molar-refractivity contribution in [1.82, 2.24) is 20.4 Å². The molecule has 1 aliphatic heterocycles. The van der Waals surface area contributed by atoms with Crippen molar-refractivity contribution >= 4 is 11.9 Å². The second-order valence-corrected chi connectivity index (χ2v) is 8.30. The summed E-state index contributed by atoms with van der Waals surface area (Å²) in [7, 11) is 0. The number of rotatable bonds is 9. The zero-order chi connectivity index (χ0) is 21.3. The number of carbonyl (C=O) groups excluding carboxylic acids is 1. The maximum absolute atomic E-state index is 12.1. The van der Waals surface area contributed by atoms with E-state index >= 15 is 0 Å². The first-order valence-electron chi connectivity index (χ1n) is 11.4. The summed E-state index contributed by atoms with van der Waals surface area (Å²) in [6.45, 7) is 5.50. The number of furan rings is 1.